The van der Waals surface area contributed by atoms with Crippen LogP contribution in [0.5, 0.6) is 0 Å². The normalized spacial score (nSPS) is 16.5. The van der Waals surface area contributed by atoms with Crippen LogP contribution in [0.25, 0.3) is 10.9 Å². The molecule has 10 heteroatoms. The predicted octanol–water partition coefficient (Wildman–Crippen LogP) is 5.48. The fourth-order valence-corrected chi connectivity index (χ4v) is 4.26. The summed E-state index contributed by atoms with van der Waals surface area (Å²) in [5.74, 6) is -4.49. The van der Waals surface area contributed by atoms with Gasteiger partial charge >= 0.3 is 6.03 Å². The third-order valence-corrected chi connectivity index (χ3v) is 6.10. The second-order valence-corrected chi connectivity index (χ2v) is 8.48. The number of hydrogen-bond donors (Lipinski definition) is 3. The molecule has 2 heterocycles. The van der Waals surface area contributed by atoms with E-state index in [4.69, 9.17) is 23.2 Å². The van der Waals surface area contributed by atoms with Crippen molar-refractivity contribution in [1.82, 2.24) is 15.1 Å². The smallest absolute Gasteiger partial charge is 0.321 e. The Balaban J connectivity index is 1.42. The summed E-state index contributed by atoms with van der Waals surface area (Å²) in [4.78, 5) is 13.9. The third-order valence-electron chi connectivity index (χ3n) is 5.63. The number of amides is 2. The van der Waals surface area contributed by atoms with Crippen LogP contribution in [0.15, 0.2) is 42.6 Å². The number of nitrogens with zero attached hydrogens (tertiary/aromatic N) is 2. The lowest BCUT2D eigenvalue weighted by Crippen LogP contribution is -2.46. The zero-order chi connectivity index (χ0) is 22.2. The number of carbonyl (C=O) groups excluding carboxylic acids is 1. The van der Waals surface area contributed by atoms with Crippen LogP contribution in [0.2, 0.25) is 10.0 Å². The maximum Gasteiger partial charge on any atom is 0.321 e. The van der Waals surface area contributed by atoms with Crippen LogP contribution < -0.4 is 5.32 Å². The minimum Gasteiger partial charge on any atom is -0.382 e. The molecule has 1 fully saturated rings. The number of aromatic amines is 1. The van der Waals surface area contributed by atoms with Gasteiger partial charge in [0.15, 0.2) is 0 Å². The molecule has 3 aromatic rings. The number of likely N-dealkylation sites (tertiary alicyclic amines) is 1. The van der Waals surface area contributed by atoms with Crippen LogP contribution in [0.4, 0.5) is 19.3 Å². The predicted molar refractivity (Wildman–Crippen MR) is 116 cm³/mol. The van der Waals surface area contributed by atoms with Crippen molar-refractivity contribution in [1.29, 1.82) is 0 Å². The molecule has 6 nitrogen and oxygen atoms in total. The lowest BCUT2D eigenvalue weighted by Gasteiger charge is -2.37. The first-order chi connectivity index (χ1) is 14.8. The molecular formula is C21H20Cl2F2N4O2. The highest BCUT2D eigenvalue weighted by Crippen LogP contribution is 2.44. The van der Waals surface area contributed by atoms with Gasteiger partial charge in [-0.15, -0.1) is 0 Å². The van der Waals surface area contributed by atoms with E-state index in [9.17, 15) is 9.90 Å². The van der Waals surface area contributed by atoms with Crippen molar-refractivity contribution in [3.63, 3.8) is 0 Å². The van der Waals surface area contributed by atoms with E-state index >= 15 is 8.78 Å². The Bertz CT molecular complexity index is 1080. The first-order valence-electron chi connectivity index (χ1n) is 9.75. The number of halogens is 4. The molecule has 164 valence electrons. The summed E-state index contributed by atoms with van der Waals surface area (Å²) in [5.41, 5.74) is 0.908. The lowest BCUT2D eigenvalue weighted by molar-refractivity contribution is -0.159. The monoisotopic (exact) mass is 468 g/mol. The topological polar surface area (TPSA) is 81.2 Å². The number of carbonyl (C=O) groups is 1. The number of aromatic nitrogens is 2. The standard InChI is InChI=1S/C21H20Cl2F2N4O2/c22-14-1-3-16(4-2-14)27-20(31)29-7-5-13(6-8-29)21(24,25)19(30)17-10-15(23)9-12-11-26-28-18(12)17/h1-4,9-11,13,19,30H,5-8H2,(H,26,28)(H,27,31). The van der Waals surface area contributed by atoms with Crippen LogP contribution in [0.1, 0.15) is 24.5 Å². The van der Waals surface area contributed by atoms with Gasteiger partial charge in [-0.3, -0.25) is 5.10 Å². The van der Waals surface area contributed by atoms with Crippen LogP contribution in [-0.2, 0) is 0 Å². The lowest BCUT2D eigenvalue weighted by atomic mass is 9.85. The first-order valence-corrected chi connectivity index (χ1v) is 10.5. The van der Waals surface area contributed by atoms with E-state index in [1.807, 2.05) is 0 Å². The summed E-state index contributed by atoms with van der Waals surface area (Å²) in [6.07, 6.45) is -0.461. The Labute approximate surface area is 187 Å². The van der Waals surface area contributed by atoms with Crippen LogP contribution in [0.3, 0.4) is 0 Å². The van der Waals surface area contributed by atoms with Crippen molar-refractivity contribution in [3.05, 3.63) is 58.2 Å². The fourth-order valence-electron chi connectivity index (χ4n) is 3.90. The van der Waals surface area contributed by atoms with Gasteiger partial charge in [0.05, 0.1) is 11.7 Å². The van der Waals surface area contributed by atoms with Crippen LogP contribution in [0, 0.1) is 5.92 Å². The second kappa shape index (κ2) is 8.61. The summed E-state index contributed by atoms with van der Waals surface area (Å²) in [6.45, 7) is 0.308. The Hall–Kier alpha value is -2.42. The number of fused-ring (bicyclic) bond motifs is 1. The van der Waals surface area contributed by atoms with Crippen molar-refractivity contribution >= 4 is 45.8 Å². The number of H-pyrrole nitrogens is 1. The van der Waals surface area contributed by atoms with Gasteiger partial charge in [0, 0.05) is 45.7 Å². The Morgan fingerprint density at radius 1 is 1.19 bits per heavy atom. The van der Waals surface area contributed by atoms with Crippen molar-refractivity contribution in [2.45, 2.75) is 24.9 Å². The molecule has 0 bridgehead atoms. The number of aliphatic hydroxyl groups excluding tert-OH is 1. The number of rotatable bonds is 4. The molecule has 1 aliphatic rings. The SMILES string of the molecule is O=C(Nc1ccc(Cl)cc1)N1CCC(C(F)(F)C(O)c2cc(Cl)cc3cn[nH]c23)CC1. The number of urea groups is 1. The molecule has 0 saturated carbocycles. The second-order valence-electron chi connectivity index (χ2n) is 7.60. The van der Waals surface area contributed by atoms with Crippen LogP contribution in [-0.4, -0.2) is 45.2 Å². The number of anilines is 1. The highest BCUT2D eigenvalue weighted by Gasteiger charge is 2.48. The Morgan fingerprint density at radius 2 is 1.87 bits per heavy atom. The van der Waals surface area contributed by atoms with Gasteiger partial charge < -0.3 is 15.3 Å². The molecule has 4 rings (SSSR count). The largest absolute Gasteiger partial charge is 0.382 e. The van der Waals surface area contributed by atoms with Crippen molar-refractivity contribution in [3.8, 4) is 0 Å². The van der Waals surface area contributed by atoms with E-state index in [2.05, 4.69) is 15.5 Å². The average Bonchev–Trinajstić information content (AvgIpc) is 3.22. The minimum atomic E-state index is -3.40. The van der Waals surface area contributed by atoms with Gasteiger partial charge in [0.1, 0.15) is 6.10 Å². The van der Waals surface area contributed by atoms with E-state index in [0.29, 0.717) is 21.6 Å². The number of benzene rings is 2. The summed E-state index contributed by atoms with van der Waals surface area (Å²) >= 11 is 11.9. The molecule has 2 amide bonds. The molecule has 1 aromatic heterocycles. The molecule has 31 heavy (non-hydrogen) atoms. The summed E-state index contributed by atoms with van der Waals surface area (Å²) in [7, 11) is 0. The van der Waals surface area contributed by atoms with E-state index in [-0.39, 0.29) is 42.5 Å². The van der Waals surface area contributed by atoms with E-state index in [0.717, 1.165) is 0 Å². The molecule has 1 atom stereocenters. The number of hydrogen-bond acceptors (Lipinski definition) is 3. The van der Waals surface area contributed by atoms with Crippen molar-refractivity contribution < 1.29 is 18.7 Å². The highest BCUT2D eigenvalue weighted by atomic mass is 35.5. The molecule has 0 spiro atoms. The third kappa shape index (κ3) is 4.46. The number of piperidine rings is 1. The number of nitrogens with one attached hydrogen (secondary N) is 2. The van der Waals surface area contributed by atoms with Crippen LogP contribution >= 0.6 is 23.2 Å². The molecule has 1 saturated heterocycles. The van der Waals surface area contributed by atoms with Gasteiger partial charge in [0.25, 0.3) is 5.92 Å². The van der Waals surface area contributed by atoms with Crippen molar-refractivity contribution in [2.24, 2.45) is 5.92 Å². The van der Waals surface area contributed by atoms with Gasteiger partial charge in [-0.25, -0.2) is 13.6 Å². The molecule has 3 N–H and O–H groups in total. The Kier molecular flexibility index (Phi) is 6.05. The van der Waals surface area contributed by atoms with Gasteiger partial charge in [-0.1, -0.05) is 23.2 Å². The maximum atomic E-state index is 15.2. The number of aliphatic hydroxyl groups is 1. The van der Waals surface area contributed by atoms with Gasteiger partial charge in [0.2, 0.25) is 0 Å². The maximum absolute atomic E-state index is 15.2. The first kappa shape index (κ1) is 21.8. The van der Waals surface area contributed by atoms with Gasteiger partial charge in [-0.2, -0.15) is 5.10 Å². The summed E-state index contributed by atoms with van der Waals surface area (Å²) < 4.78 is 30.4. The molecule has 2 aromatic carbocycles. The van der Waals surface area contributed by atoms with Crippen molar-refractivity contribution in [2.75, 3.05) is 18.4 Å². The zero-order valence-electron chi connectivity index (χ0n) is 16.3. The van der Waals surface area contributed by atoms with E-state index in [1.54, 1.807) is 30.3 Å². The molecule has 0 radical (unpaired) electrons. The highest BCUT2D eigenvalue weighted by molar-refractivity contribution is 6.31. The zero-order valence-corrected chi connectivity index (χ0v) is 17.8. The minimum absolute atomic E-state index is 0.00733. The average molecular weight is 469 g/mol. The van der Waals surface area contributed by atoms with Gasteiger partial charge in [-0.05, 0) is 49.2 Å². The fraction of sp³-hybridized carbons (Fsp3) is 0.333. The van der Waals surface area contributed by atoms with E-state index in [1.165, 1.54) is 17.2 Å². The molecule has 1 aliphatic heterocycles. The Morgan fingerprint density at radius 3 is 2.55 bits per heavy atom. The molecule has 0 aliphatic carbocycles. The quantitative estimate of drug-likeness (QED) is 0.473. The summed E-state index contributed by atoms with van der Waals surface area (Å²) in [6, 6.07) is 9.19. The molecule has 1 unspecified atom stereocenters. The molecular weight excluding hydrogens is 449 g/mol. The number of alkyl halides is 2. The van der Waals surface area contributed by atoms with E-state index < -0.39 is 17.9 Å². The summed E-state index contributed by atoms with van der Waals surface area (Å²) in [5, 5.41) is 21.1.